The maximum Gasteiger partial charge on any atom is 0.516 e. The van der Waals surface area contributed by atoms with E-state index in [9.17, 15) is 26.4 Å². The number of carbonyl (C=O) groups excluding carboxylic acids is 1. The summed E-state index contributed by atoms with van der Waals surface area (Å²) >= 11 is 0. The highest BCUT2D eigenvalue weighted by Gasteiger charge is 2.46. The molecule has 0 bridgehead atoms. The maximum absolute atomic E-state index is 11.9. The predicted octanol–water partition coefficient (Wildman–Crippen LogP) is 1.67. The first-order valence-corrected chi connectivity index (χ1v) is 6.07. The molecule has 1 amide bonds. The maximum atomic E-state index is 11.9. The zero-order valence-electron chi connectivity index (χ0n) is 8.81. The fraction of sp³-hybridized carbons (Fsp3) is 0.100. The molecule has 18 heavy (non-hydrogen) atoms. The Bertz CT molecular complexity index is 549. The molecule has 1 aromatic rings. The first-order valence-electron chi connectivity index (χ1n) is 4.58. The number of amides is 1. The number of nitrogens with one attached hydrogen (secondary N) is 1. The van der Waals surface area contributed by atoms with Gasteiger partial charge in [-0.1, -0.05) is 30.3 Å². The molecule has 1 N–H and O–H groups in total. The van der Waals surface area contributed by atoms with Crippen molar-refractivity contribution >= 4 is 22.0 Å². The van der Waals surface area contributed by atoms with E-state index in [0.29, 0.717) is 11.6 Å². The molecule has 0 spiro atoms. The monoisotopic (exact) mass is 279 g/mol. The molecule has 0 aliphatic carbocycles. The lowest BCUT2D eigenvalue weighted by molar-refractivity contribution is -0.115. The van der Waals surface area contributed by atoms with Crippen molar-refractivity contribution in [2.45, 2.75) is 5.51 Å². The lowest BCUT2D eigenvalue weighted by atomic mass is 10.2. The number of alkyl halides is 3. The van der Waals surface area contributed by atoms with Gasteiger partial charge >= 0.3 is 15.5 Å². The zero-order chi connectivity index (χ0) is 13.8. The molecule has 0 saturated heterocycles. The smallest absolute Gasteiger partial charge is 0.269 e. The molecule has 4 nitrogen and oxygen atoms in total. The molecule has 0 aliphatic heterocycles. The van der Waals surface area contributed by atoms with Crippen molar-refractivity contribution in [1.29, 1.82) is 0 Å². The second-order valence-electron chi connectivity index (χ2n) is 3.16. The van der Waals surface area contributed by atoms with Gasteiger partial charge in [0.05, 0.1) is 0 Å². The Morgan fingerprint density at radius 1 is 1.17 bits per heavy atom. The van der Waals surface area contributed by atoms with E-state index in [1.165, 1.54) is 6.08 Å². The van der Waals surface area contributed by atoms with Crippen molar-refractivity contribution in [2.75, 3.05) is 0 Å². The van der Waals surface area contributed by atoms with E-state index in [4.69, 9.17) is 0 Å². The van der Waals surface area contributed by atoms with Gasteiger partial charge in [-0.3, -0.25) is 4.79 Å². The molecule has 0 aliphatic rings. The lowest BCUT2D eigenvalue weighted by Crippen LogP contribution is -2.39. The van der Waals surface area contributed by atoms with Crippen LogP contribution in [0.15, 0.2) is 36.4 Å². The van der Waals surface area contributed by atoms with Gasteiger partial charge in [-0.2, -0.15) is 21.6 Å². The summed E-state index contributed by atoms with van der Waals surface area (Å²) in [5.41, 5.74) is -4.96. The highest BCUT2D eigenvalue weighted by Crippen LogP contribution is 2.21. The summed E-state index contributed by atoms with van der Waals surface area (Å²) in [6.45, 7) is 0. The molecule has 0 atom stereocenters. The largest absolute Gasteiger partial charge is 0.516 e. The van der Waals surface area contributed by atoms with Gasteiger partial charge in [0.15, 0.2) is 0 Å². The Hall–Kier alpha value is -1.83. The van der Waals surface area contributed by atoms with Crippen molar-refractivity contribution < 1.29 is 26.4 Å². The molecule has 98 valence electrons. The molecule has 0 heterocycles. The second kappa shape index (κ2) is 5.21. The Balaban J connectivity index is 2.72. The van der Waals surface area contributed by atoms with Crippen molar-refractivity contribution in [3.05, 3.63) is 42.0 Å². The summed E-state index contributed by atoms with van der Waals surface area (Å²) in [5, 5.41) is 0. The number of carbonyl (C=O) groups is 1. The fourth-order valence-corrected chi connectivity index (χ4v) is 1.41. The number of rotatable bonds is 3. The van der Waals surface area contributed by atoms with Crippen LogP contribution >= 0.6 is 0 Å². The summed E-state index contributed by atoms with van der Waals surface area (Å²) in [5.74, 6) is -1.36. The SMILES string of the molecule is O=C(C=Cc1ccccc1)NS(=O)(=O)C(F)(F)F. The van der Waals surface area contributed by atoms with Crippen LogP contribution in [0.5, 0.6) is 0 Å². The third-order valence-corrected chi connectivity index (χ3v) is 2.85. The number of benzene rings is 1. The van der Waals surface area contributed by atoms with Crippen LogP contribution in [-0.2, 0) is 14.8 Å². The minimum absolute atomic E-state index is 0.553. The van der Waals surface area contributed by atoms with Gasteiger partial charge in [-0.05, 0) is 11.6 Å². The summed E-state index contributed by atoms with van der Waals surface area (Å²) in [4.78, 5) is 11.0. The number of hydrogen-bond acceptors (Lipinski definition) is 3. The average molecular weight is 279 g/mol. The minimum Gasteiger partial charge on any atom is -0.269 e. The molecular weight excluding hydrogens is 271 g/mol. The van der Waals surface area contributed by atoms with Crippen LogP contribution in [0.2, 0.25) is 0 Å². The molecular formula is C10H8F3NO3S. The fourth-order valence-electron chi connectivity index (χ4n) is 0.960. The number of sulfonamides is 1. The Morgan fingerprint density at radius 3 is 2.22 bits per heavy atom. The standard InChI is InChI=1S/C10H8F3NO3S/c11-10(12,13)18(16,17)14-9(15)7-6-8-4-2-1-3-5-8/h1-7H,(H,14,15). The van der Waals surface area contributed by atoms with Crippen molar-refractivity contribution in [1.82, 2.24) is 4.72 Å². The van der Waals surface area contributed by atoms with Gasteiger partial charge in [0, 0.05) is 6.08 Å². The lowest BCUT2D eigenvalue weighted by Gasteiger charge is -2.07. The minimum atomic E-state index is -5.65. The van der Waals surface area contributed by atoms with Gasteiger partial charge in [0.2, 0.25) is 0 Å². The van der Waals surface area contributed by atoms with E-state index in [0.717, 1.165) is 4.72 Å². The summed E-state index contributed by atoms with van der Waals surface area (Å²) < 4.78 is 57.8. The third kappa shape index (κ3) is 3.88. The number of hydrogen-bond donors (Lipinski definition) is 1. The van der Waals surface area contributed by atoms with E-state index in [1.54, 1.807) is 30.3 Å². The van der Waals surface area contributed by atoms with E-state index < -0.39 is 21.4 Å². The highest BCUT2D eigenvalue weighted by atomic mass is 32.2. The van der Waals surface area contributed by atoms with Gasteiger partial charge in [-0.25, -0.2) is 4.72 Å². The zero-order valence-corrected chi connectivity index (χ0v) is 9.62. The van der Waals surface area contributed by atoms with Gasteiger partial charge in [0.1, 0.15) is 0 Å². The van der Waals surface area contributed by atoms with Gasteiger partial charge in [-0.15, -0.1) is 0 Å². The van der Waals surface area contributed by atoms with E-state index >= 15 is 0 Å². The van der Waals surface area contributed by atoms with Crippen LogP contribution in [0.4, 0.5) is 13.2 Å². The first kappa shape index (κ1) is 14.2. The molecule has 0 unspecified atom stereocenters. The molecule has 0 aromatic heterocycles. The van der Waals surface area contributed by atoms with Crippen LogP contribution in [0.1, 0.15) is 5.56 Å². The van der Waals surface area contributed by atoms with E-state index in [1.807, 2.05) is 0 Å². The normalized spacial score (nSPS) is 12.6. The Morgan fingerprint density at radius 2 is 1.72 bits per heavy atom. The first-order chi connectivity index (χ1) is 8.22. The molecule has 8 heteroatoms. The van der Waals surface area contributed by atoms with Crippen molar-refractivity contribution in [3.8, 4) is 0 Å². The average Bonchev–Trinajstić information content (AvgIpc) is 2.26. The molecule has 1 aromatic carbocycles. The van der Waals surface area contributed by atoms with Crippen LogP contribution in [0.3, 0.4) is 0 Å². The number of halogens is 3. The topological polar surface area (TPSA) is 63.2 Å². The van der Waals surface area contributed by atoms with Crippen LogP contribution < -0.4 is 4.72 Å². The van der Waals surface area contributed by atoms with Gasteiger partial charge < -0.3 is 0 Å². The summed E-state index contributed by atoms with van der Waals surface area (Å²) in [6, 6.07) is 8.23. The molecule has 0 radical (unpaired) electrons. The molecule has 0 saturated carbocycles. The summed E-state index contributed by atoms with van der Waals surface area (Å²) in [7, 11) is -5.65. The highest BCUT2D eigenvalue weighted by molar-refractivity contribution is 7.90. The second-order valence-corrected chi connectivity index (χ2v) is 4.83. The Labute approximate surface area is 101 Å². The van der Waals surface area contributed by atoms with E-state index in [-0.39, 0.29) is 0 Å². The predicted molar refractivity (Wildman–Crippen MR) is 58.6 cm³/mol. The van der Waals surface area contributed by atoms with Crippen LogP contribution in [0.25, 0.3) is 6.08 Å². The van der Waals surface area contributed by atoms with Crippen molar-refractivity contribution in [2.24, 2.45) is 0 Å². The van der Waals surface area contributed by atoms with E-state index in [2.05, 4.69) is 0 Å². The molecule has 1 rings (SSSR count). The quantitative estimate of drug-likeness (QED) is 0.856. The van der Waals surface area contributed by atoms with Crippen LogP contribution in [-0.4, -0.2) is 19.8 Å². The Kier molecular flexibility index (Phi) is 4.12. The third-order valence-electron chi connectivity index (χ3n) is 1.77. The molecule has 0 fully saturated rings. The van der Waals surface area contributed by atoms with Gasteiger partial charge in [0.25, 0.3) is 5.91 Å². The van der Waals surface area contributed by atoms with Crippen LogP contribution in [0, 0.1) is 0 Å². The summed E-state index contributed by atoms with van der Waals surface area (Å²) in [6.07, 6.45) is 1.90. The van der Waals surface area contributed by atoms with Crippen molar-refractivity contribution in [3.63, 3.8) is 0 Å².